The quantitative estimate of drug-likeness (QED) is 0.131. The lowest BCUT2D eigenvalue weighted by molar-refractivity contribution is -0.00232. The summed E-state index contributed by atoms with van der Waals surface area (Å²) < 4.78 is 28.7. The van der Waals surface area contributed by atoms with E-state index in [1.54, 1.807) is 10.8 Å². The fourth-order valence-electron chi connectivity index (χ4n) is 2.16. The monoisotopic (exact) mass is 483 g/mol. The molecule has 0 aromatic rings. The van der Waals surface area contributed by atoms with E-state index >= 15 is 0 Å². The number of ether oxygens (including phenoxy) is 5. The van der Waals surface area contributed by atoms with Crippen LogP contribution in [0.15, 0.2) is 0 Å². The zero-order chi connectivity index (χ0) is 23.4. The summed E-state index contributed by atoms with van der Waals surface area (Å²) in [6.45, 7) is 22.1. The SMILES string of the molecule is CC(C)CCOCCOCCOC(CCOCCOCCNC(C)C)SSC(C)(C)C. The molecule has 0 aromatic heterocycles. The molecule has 0 amide bonds. The van der Waals surface area contributed by atoms with Gasteiger partial charge in [-0.1, -0.05) is 70.1 Å². The van der Waals surface area contributed by atoms with Gasteiger partial charge in [0.05, 0.1) is 52.9 Å². The van der Waals surface area contributed by atoms with E-state index in [4.69, 9.17) is 23.7 Å². The van der Waals surface area contributed by atoms with Gasteiger partial charge >= 0.3 is 0 Å². The van der Waals surface area contributed by atoms with E-state index in [-0.39, 0.29) is 10.2 Å². The van der Waals surface area contributed by atoms with Gasteiger partial charge in [-0.3, -0.25) is 0 Å². The first kappa shape index (κ1) is 31.5. The van der Waals surface area contributed by atoms with Crippen molar-refractivity contribution in [3.63, 3.8) is 0 Å². The second kappa shape index (κ2) is 21.0. The predicted molar refractivity (Wildman–Crippen MR) is 135 cm³/mol. The number of nitrogens with one attached hydrogen (secondary N) is 1. The van der Waals surface area contributed by atoms with Crippen LogP contribution in [0.4, 0.5) is 0 Å². The van der Waals surface area contributed by atoms with Crippen molar-refractivity contribution in [2.45, 2.75) is 77.5 Å². The summed E-state index contributed by atoms with van der Waals surface area (Å²) in [6, 6.07) is 0.494. The van der Waals surface area contributed by atoms with E-state index in [0.29, 0.717) is 64.8 Å². The van der Waals surface area contributed by atoms with Gasteiger partial charge in [-0.05, 0) is 12.3 Å². The first-order valence-corrected chi connectivity index (χ1v) is 13.9. The van der Waals surface area contributed by atoms with Crippen LogP contribution in [0.2, 0.25) is 0 Å². The zero-order valence-corrected chi connectivity index (χ0v) is 22.7. The van der Waals surface area contributed by atoms with Crippen LogP contribution in [-0.2, 0) is 23.7 Å². The van der Waals surface area contributed by atoms with Gasteiger partial charge in [-0.2, -0.15) is 0 Å². The van der Waals surface area contributed by atoms with Crippen LogP contribution in [0.5, 0.6) is 0 Å². The van der Waals surface area contributed by atoms with Gasteiger partial charge in [-0.15, -0.1) is 0 Å². The molecule has 0 rings (SSSR count). The largest absolute Gasteiger partial charge is 0.379 e. The van der Waals surface area contributed by atoms with Crippen LogP contribution in [0, 0.1) is 5.92 Å². The molecule has 0 aliphatic heterocycles. The van der Waals surface area contributed by atoms with Crippen molar-refractivity contribution in [3.8, 4) is 0 Å². The van der Waals surface area contributed by atoms with E-state index in [1.165, 1.54) is 0 Å². The van der Waals surface area contributed by atoms with Crippen molar-refractivity contribution >= 4 is 21.6 Å². The Kier molecular flexibility index (Phi) is 21.3. The topological polar surface area (TPSA) is 58.2 Å². The molecule has 6 nitrogen and oxygen atoms in total. The summed E-state index contributed by atoms with van der Waals surface area (Å²) in [5, 5.41) is 3.33. The average Bonchev–Trinajstić information content (AvgIpc) is 2.67. The predicted octanol–water partition coefficient (Wildman–Crippen LogP) is 5.01. The molecule has 0 heterocycles. The molecule has 1 unspecified atom stereocenters. The van der Waals surface area contributed by atoms with Gasteiger partial charge in [-0.25, -0.2) is 0 Å². The molecule has 0 spiro atoms. The second-order valence-corrected chi connectivity index (χ2v) is 12.3. The molecule has 0 aromatic carbocycles. The Morgan fingerprint density at radius 3 is 1.74 bits per heavy atom. The lowest BCUT2D eigenvalue weighted by Crippen LogP contribution is -2.27. The van der Waals surface area contributed by atoms with Crippen molar-refractivity contribution in [1.29, 1.82) is 0 Å². The standard InChI is InChI=1S/C23H49NO5S2/c1-20(2)8-11-25-15-17-28-18-19-29-22(30-31-23(5,6)7)9-12-26-14-16-27-13-10-24-21(3)4/h20-22,24H,8-19H2,1-7H3. The lowest BCUT2D eigenvalue weighted by atomic mass is 10.1. The van der Waals surface area contributed by atoms with Gasteiger partial charge in [0.15, 0.2) is 0 Å². The first-order chi connectivity index (χ1) is 14.7. The molecule has 0 bridgehead atoms. The minimum Gasteiger partial charge on any atom is -0.379 e. The Bertz CT molecular complexity index is 355. The average molecular weight is 484 g/mol. The van der Waals surface area contributed by atoms with Crippen LogP contribution < -0.4 is 5.32 Å². The Balaban J connectivity index is 3.80. The van der Waals surface area contributed by atoms with E-state index < -0.39 is 0 Å². The Hall–Kier alpha value is 0.460. The van der Waals surface area contributed by atoms with Gasteiger partial charge < -0.3 is 29.0 Å². The van der Waals surface area contributed by atoms with E-state index in [2.05, 4.69) is 53.8 Å². The third kappa shape index (κ3) is 26.6. The van der Waals surface area contributed by atoms with Crippen molar-refractivity contribution in [2.24, 2.45) is 5.92 Å². The number of hydrogen-bond donors (Lipinski definition) is 1. The maximum absolute atomic E-state index is 6.04. The normalized spacial score (nSPS) is 13.5. The Labute approximate surface area is 200 Å². The molecular weight excluding hydrogens is 434 g/mol. The van der Waals surface area contributed by atoms with Crippen LogP contribution in [-0.4, -0.2) is 82.2 Å². The van der Waals surface area contributed by atoms with Crippen molar-refractivity contribution in [1.82, 2.24) is 5.32 Å². The maximum Gasteiger partial charge on any atom is 0.115 e. The van der Waals surface area contributed by atoms with Gasteiger partial charge in [0.1, 0.15) is 5.44 Å². The third-order valence-electron chi connectivity index (χ3n) is 3.82. The van der Waals surface area contributed by atoms with E-state index in [1.807, 2.05) is 10.8 Å². The molecule has 0 saturated heterocycles. The highest BCUT2D eigenvalue weighted by Crippen LogP contribution is 2.39. The summed E-state index contributed by atoms with van der Waals surface area (Å²) in [6.07, 6.45) is 1.94. The fraction of sp³-hybridized carbons (Fsp3) is 1.00. The van der Waals surface area contributed by atoms with Gasteiger partial charge in [0.2, 0.25) is 0 Å². The highest BCUT2D eigenvalue weighted by molar-refractivity contribution is 8.77. The molecular formula is C23H49NO5S2. The fourth-order valence-corrected chi connectivity index (χ4v) is 4.54. The minimum absolute atomic E-state index is 0.0891. The van der Waals surface area contributed by atoms with Crippen molar-refractivity contribution < 1.29 is 23.7 Å². The molecule has 31 heavy (non-hydrogen) atoms. The van der Waals surface area contributed by atoms with Crippen molar-refractivity contribution in [2.75, 3.05) is 66.0 Å². The molecule has 188 valence electrons. The van der Waals surface area contributed by atoms with Gasteiger partial charge in [0, 0.05) is 30.4 Å². The van der Waals surface area contributed by atoms with Crippen LogP contribution in [0.1, 0.15) is 61.3 Å². The summed E-state index contributed by atoms with van der Waals surface area (Å²) >= 11 is 0. The molecule has 0 aliphatic rings. The smallest absolute Gasteiger partial charge is 0.115 e. The van der Waals surface area contributed by atoms with Crippen molar-refractivity contribution in [3.05, 3.63) is 0 Å². The molecule has 1 atom stereocenters. The Morgan fingerprint density at radius 1 is 0.677 bits per heavy atom. The Morgan fingerprint density at radius 2 is 1.19 bits per heavy atom. The summed E-state index contributed by atoms with van der Waals surface area (Å²) in [5.41, 5.74) is 0.0891. The number of hydrogen-bond acceptors (Lipinski definition) is 8. The number of rotatable bonds is 22. The van der Waals surface area contributed by atoms with Crippen LogP contribution in [0.25, 0.3) is 0 Å². The molecule has 0 radical (unpaired) electrons. The highest BCUT2D eigenvalue weighted by Gasteiger charge is 2.17. The van der Waals surface area contributed by atoms with Crippen LogP contribution >= 0.6 is 21.6 Å². The van der Waals surface area contributed by atoms with Crippen LogP contribution in [0.3, 0.4) is 0 Å². The zero-order valence-electron chi connectivity index (χ0n) is 21.1. The third-order valence-corrected chi connectivity index (χ3v) is 7.43. The summed E-state index contributed by atoms with van der Waals surface area (Å²) in [5.74, 6) is 0.679. The summed E-state index contributed by atoms with van der Waals surface area (Å²) in [7, 11) is 3.62. The first-order valence-electron chi connectivity index (χ1n) is 11.7. The maximum atomic E-state index is 6.04. The molecule has 8 heteroatoms. The highest BCUT2D eigenvalue weighted by atomic mass is 33.1. The molecule has 0 aliphatic carbocycles. The summed E-state index contributed by atoms with van der Waals surface area (Å²) in [4.78, 5) is 0. The van der Waals surface area contributed by atoms with Gasteiger partial charge in [0.25, 0.3) is 0 Å². The molecule has 1 N–H and O–H groups in total. The molecule has 0 fully saturated rings. The van der Waals surface area contributed by atoms with E-state index in [0.717, 1.165) is 26.0 Å². The molecule has 0 saturated carbocycles. The second-order valence-electron chi connectivity index (χ2n) is 9.12. The minimum atomic E-state index is 0.0891. The van der Waals surface area contributed by atoms with E-state index in [9.17, 15) is 0 Å². The lowest BCUT2D eigenvalue weighted by Gasteiger charge is -2.22.